The van der Waals surface area contributed by atoms with Crippen molar-refractivity contribution in [2.45, 2.75) is 12.6 Å². The molecule has 0 spiro atoms. The van der Waals surface area contributed by atoms with Gasteiger partial charge in [-0.2, -0.15) is 0 Å². The molecule has 2 aromatic rings. The second-order valence-electron chi connectivity index (χ2n) is 5.51. The summed E-state index contributed by atoms with van der Waals surface area (Å²) in [4.78, 5) is 11.9. The molecule has 3 rings (SSSR count). The van der Waals surface area contributed by atoms with Gasteiger partial charge in [0, 0.05) is 18.7 Å². The molecule has 0 bridgehead atoms. The van der Waals surface area contributed by atoms with Gasteiger partial charge in [0.25, 0.3) is 0 Å². The van der Waals surface area contributed by atoms with Crippen molar-refractivity contribution in [2.75, 3.05) is 20.4 Å². The zero-order valence-corrected chi connectivity index (χ0v) is 13.8. The molecule has 0 radical (unpaired) electrons. The molecule has 1 heterocycles. The van der Waals surface area contributed by atoms with Crippen molar-refractivity contribution in [3.63, 3.8) is 0 Å². The lowest BCUT2D eigenvalue weighted by atomic mass is 10.1. The van der Waals surface area contributed by atoms with Crippen molar-refractivity contribution in [3.8, 4) is 17.2 Å². The zero-order chi connectivity index (χ0) is 17.6. The molecule has 7 nitrogen and oxygen atoms in total. The molecule has 132 valence electrons. The predicted molar refractivity (Wildman–Crippen MR) is 90.8 cm³/mol. The molecule has 7 heteroatoms. The summed E-state index contributed by atoms with van der Waals surface area (Å²) in [5.41, 5.74) is 1.52. The van der Waals surface area contributed by atoms with Crippen LogP contribution in [0.2, 0.25) is 0 Å². The van der Waals surface area contributed by atoms with E-state index in [1.807, 2.05) is 24.3 Å². The van der Waals surface area contributed by atoms with Gasteiger partial charge in [-0.15, -0.1) is 0 Å². The number of carbonyl (C=O) groups is 1. The Kier molecular flexibility index (Phi) is 5.25. The van der Waals surface area contributed by atoms with E-state index in [0.717, 1.165) is 5.56 Å². The molecule has 0 fully saturated rings. The van der Waals surface area contributed by atoms with Crippen molar-refractivity contribution in [3.05, 3.63) is 53.6 Å². The molecule has 3 N–H and O–H groups in total. The number of urea groups is 1. The Morgan fingerprint density at radius 3 is 2.84 bits per heavy atom. The lowest BCUT2D eigenvalue weighted by molar-refractivity contribution is 0.169. The van der Waals surface area contributed by atoms with Crippen molar-refractivity contribution in [2.24, 2.45) is 0 Å². The maximum atomic E-state index is 11.9. The van der Waals surface area contributed by atoms with Crippen LogP contribution in [0.1, 0.15) is 17.2 Å². The van der Waals surface area contributed by atoms with Crippen molar-refractivity contribution >= 4 is 6.03 Å². The molecule has 0 saturated carbocycles. The van der Waals surface area contributed by atoms with Gasteiger partial charge in [0.05, 0.1) is 13.2 Å². The average molecular weight is 344 g/mol. The Morgan fingerprint density at radius 2 is 2.00 bits per heavy atom. The number of ether oxygens (including phenoxy) is 3. The molecule has 0 aliphatic carbocycles. The minimum atomic E-state index is -0.854. The van der Waals surface area contributed by atoms with Gasteiger partial charge < -0.3 is 30.0 Å². The Labute approximate surface area is 145 Å². The molecule has 2 aromatic carbocycles. The maximum absolute atomic E-state index is 11.9. The highest BCUT2D eigenvalue weighted by Gasteiger charge is 2.15. The third-order valence-electron chi connectivity index (χ3n) is 3.84. The summed E-state index contributed by atoms with van der Waals surface area (Å²) in [6, 6.07) is 12.3. The highest BCUT2D eigenvalue weighted by atomic mass is 16.7. The fourth-order valence-corrected chi connectivity index (χ4v) is 2.54. The molecule has 25 heavy (non-hydrogen) atoms. The van der Waals surface area contributed by atoms with E-state index in [9.17, 15) is 9.90 Å². The normalized spacial score (nSPS) is 13.2. The van der Waals surface area contributed by atoms with Gasteiger partial charge in [-0.3, -0.25) is 0 Å². The number of fused-ring (bicyclic) bond motifs is 1. The van der Waals surface area contributed by atoms with E-state index in [1.54, 1.807) is 18.2 Å². The molecule has 0 saturated heterocycles. The van der Waals surface area contributed by atoms with Crippen LogP contribution >= 0.6 is 0 Å². The molecule has 2 amide bonds. The second-order valence-corrected chi connectivity index (χ2v) is 5.51. The highest BCUT2D eigenvalue weighted by molar-refractivity contribution is 5.73. The first kappa shape index (κ1) is 16.9. The minimum Gasteiger partial charge on any atom is -0.496 e. The average Bonchev–Trinajstić information content (AvgIpc) is 3.12. The Bertz CT molecular complexity index is 750. The quantitative estimate of drug-likeness (QED) is 0.745. The predicted octanol–water partition coefficient (Wildman–Crippen LogP) is 1.96. The lowest BCUT2D eigenvalue weighted by Gasteiger charge is -2.15. The fourth-order valence-electron chi connectivity index (χ4n) is 2.54. The van der Waals surface area contributed by atoms with Gasteiger partial charge in [-0.05, 0) is 23.8 Å². The Balaban J connectivity index is 1.48. The first-order chi connectivity index (χ1) is 12.2. The van der Waals surface area contributed by atoms with E-state index in [2.05, 4.69) is 10.6 Å². The fraction of sp³-hybridized carbons (Fsp3) is 0.278. The minimum absolute atomic E-state index is 0.0767. The summed E-state index contributed by atoms with van der Waals surface area (Å²) in [5, 5.41) is 15.6. The summed E-state index contributed by atoms with van der Waals surface area (Å²) in [6.07, 6.45) is -0.854. The zero-order valence-electron chi connectivity index (χ0n) is 13.8. The summed E-state index contributed by atoms with van der Waals surface area (Å²) < 4.78 is 15.7. The monoisotopic (exact) mass is 344 g/mol. The lowest BCUT2D eigenvalue weighted by Crippen LogP contribution is -2.37. The van der Waals surface area contributed by atoms with E-state index < -0.39 is 6.10 Å². The molecule has 1 unspecified atom stereocenters. The van der Waals surface area contributed by atoms with E-state index in [0.29, 0.717) is 29.4 Å². The van der Waals surface area contributed by atoms with Crippen molar-refractivity contribution in [1.29, 1.82) is 0 Å². The van der Waals surface area contributed by atoms with E-state index in [1.165, 1.54) is 7.11 Å². The summed E-state index contributed by atoms with van der Waals surface area (Å²) in [6.45, 7) is 0.633. The summed E-state index contributed by atoms with van der Waals surface area (Å²) in [7, 11) is 1.54. The maximum Gasteiger partial charge on any atom is 0.315 e. The summed E-state index contributed by atoms with van der Waals surface area (Å²) >= 11 is 0. The van der Waals surface area contributed by atoms with Gasteiger partial charge in [0.15, 0.2) is 11.5 Å². The number of carbonyl (C=O) groups excluding carboxylic acids is 1. The third kappa shape index (κ3) is 4.13. The highest BCUT2D eigenvalue weighted by Crippen LogP contribution is 2.32. The van der Waals surface area contributed by atoms with Crippen LogP contribution in [0.4, 0.5) is 4.79 Å². The number of aliphatic hydroxyl groups is 1. The van der Waals surface area contributed by atoms with Crippen molar-refractivity contribution < 1.29 is 24.1 Å². The van der Waals surface area contributed by atoms with Crippen LogP contribution in [0.5, 0.6) is 17.2 Å². The third-order valence-corrected chi connectivity index (χ3v) is 3.84. The van der Waals surface area contributed by atoms with Crippen LogP contribution in [-0.4, -0.2) is 31.6 Å². The smallest absolute Gasteiger partial charge is 0.315 e. The molecule has 1 aliphatic heterocycles. The van der Waals surface area contributed by atoms with E-state index in [4.69, 9.17) is 14.2 Å². The molecule has 0 aromatic heterocycles. The van der Waals surface area contributed by atoms with Crippen LogP contribution in [0.15, 0.2) is 42.5 Å². The van der Waals surface area contributed by atoms with E-state index >= 15 is 0 Å². The van der Waals surface area contributed by atoms with E-state index in [-0.39, 0.29) is 19.4 Å². The number of nitrogens with one attached hydrogen (secondary N) is 2. The van der Waals surface area contributed by atoms with Crippen molar-refractivity contribution in [1.82, 2.24) is 10.6 Å². The van der Waals surface area contributed by atoms with Crippen LogP contribution in [0.3, 0.4) is 0 Å². The first-order valence-electron chi connectivity index (χ1n) is 7.88. The number of benzene rings is 2. The van der Waals surface area contributed by atoms with Gasteiger partial charge >= 0.3 is 6.03 Å². The Morgan fingerprint density at radius 1 is 1.20 bits per heavy atom. The molecule has 1 aliphatic rings. The van der Waals surface area contributed by atoms with Gasteiger partial charge in [-0.1, -0.05) is 24.3 Å². The molecular weight excluding hydrogens is 324 g/mol. The Hall–Kier alpha value is -2.93. The van der Waals surface area contributed by atoms with Gasteiger partial charge in [-0.25, -0.2) is 4.79 Å². The topological polar surface area (TPSA) is 89.1 Å². The summed E-state index contributed by atoms with van der Waals surface area (Å²) in [5.74, 6) is 1.96. The number of aliphatic hydroxyl groups excluding tert-OH is 1. The number of para-hydroxylation sites is 1. The number of amides is 2. The number of rotatable bonds is 6. The first-order valence-corrected chi connectivity index (χ1v) is 7.88. The van der Waals surface area contributed by atoms with Crippen LogP contribution in [-0.2, 0) is 6.54 Å². The van der Waals surface area contributed by atoms with Gasteiger partial charge in [0.2, 0.25) is 6.79 Å². The van der Waals surface area contributed by atoms with Crippen LogP contribution < -0.4 is 24.8 Å². The van der Waals surface area contributed by atoms with Crippen LogP contribution in [0.25, 0.3) is 0 Å². The number of hydrogen-bond donors (Lipinski definition) is 3. The largest absolute Gasteiger partial charge is 0.496 e. The molecule has 1 atom stereocenters. The SMILES string of the molecule is COc1ccccc1C(O)CNC(=O)NCc1ccc2c(c1)OCO2. The van der Waals surface area contributed by atoms with Gasteiger partial charge in [0.1, 0.15) is 5.75 Å². The number of methoxy groups -OCH3 is 1. The second kappa shape index (κ2) is 7.76. The number of hydrogen-bond acceptors (Lipinski definition) is 5. The standard InChI is InChI=1S/C18H20N2O5/c1-23-15-5-3-2-4-13(15)14(21)10-20-18(22)19-9-12-6-7-16-17(8-12)25-11-24-16/h2-8,14,21H,9-11H2,1H3,(H2,19,20,22). The van der Waals surface area contributed by atoms with Crippen LogP contribution in [0, 0.1) is 0 Å². The molecular formula is C18H20N2O5.